The lowest BCUT2D eigenvalue weighted by molar-refractivity contribution is -0.113. The maximum absolute atomic E-state index is 11.9. The Morgan fingerprint density at radius 1 is 1.47 bits per heavy atom. The number of nitrogens with zero attached hydrogens (tertiary/aromatic N) is 3. The van der Waals surface area contributed by atoms with E-state index in [0.717, 1.165) is 29.6 Å². The number of morpholine rings is 1. The van der Waals surface area contributed by atoms with E-state index in [9.17, 15) is 4.79 Å². The number of hydrogen-bond donors (Lipinski definition) is 1. The smallest absolute Gasteiger partial charge is 0.286 e. The number of carbonyl (C=O) groups is 1. The van der Waals surface area contributed by atoms with Crippen molar-refractivity contribution in [3.8, 4) is 0 Å². The second-order valence-electron chi connectivity index (χ2n) is 4.32. The Balaban J connectivity index is 1.76. The van der Waals surface area contributed by atoms with Crippen LogP contribution in [0.3, 0.4) is 0 Å². The number of ether oxygens (including phenoxy) is 1. The summed E-state index contributed by atoms with van der Waals surface area (Å²) in [5, 5.41) is 0.771. The van der Waals surface area contributed by atoms with E-state index in [4.69, 9.17) is 4.74 Å². The molecule has 2 aliphatic heterocycles. The summed E-state index contributed by atoms with van der Waals surface area (Å²) in [6, 6.07) is 0. The Morgan fingerprint density at radius 2 is 2.26 bits per heavy atom. The van der Waals surface area contributed by atoms with E-state index in [2.05, 4.69) is 19.9 Å². The fourth-order valence-electron chi connectivity index (χ4n) is 1.93. The second kappa shape index (κ2) is 5.18. The average molecular weight is 278 g/mol. The molecule has 2 aliphatic rings. The van der Waals surface area contributed by atoms with Gasteiger partial charge in [0.05, 0.1) is 30.1 Å². The minimum Gasteiger partial charge on any atom is -0.378 e. The summed E-state index contributed by atoms with van der Waals surface area (Å²) in [5.74, 6) is -0.186. The molecule has 0 radical (unpaired) electrons. The normalized spacial score (nSPS) is 22.2. The molecule has 1 N–H and O–H groups in total. The van der Waals surface area contributed by atoms with Crippen LogP contribution >= 0.6 is 11.8 Å². The number of aliphatic imine (C=N–C) groups is 1. The van der Waals surface area contributed by atoms with Gasteiger partial charge in [-0.2, -0.15) is 4.99 Å². The van der Waals surface area contributed by atoms with Gasteiger partial charge in [0.2, 0.25) is 0 Å². The SMILES string of the molecule is Cc1[nH]cnc1/C=C1\SC(N2CCOCC2)=NC1=O. The Morgan fingerprint density at radius 3 is 2.95 bits per heavy atom. The highest BCUT2D eigenvalue weighted by atomic mass is 32.2. The quantitative estimate of drug-likeness (QED) is 0.777. The van der Waals surface area contributed by atoms with Crippen LogP contribution in [0.4, 0.5) is 0 Å². The highest BCUT2D eigenvalue weighted by Crippen LogP contribution is 2.30. The number of aromatic nitrogens is 2. The topological polar surface area (TPSA) is 70.6 Å². The molecule has 0 atom stereocenters. The monoisotopic (exact) mass is 278 g/mol. The summed E-state index contributed by atoms with van der Waals surface area (Å²) in [6.45, 7) is 4.87. The minimum atomic E-state index is -0.186. The van der Waals surface area contributed by atoms with Crippen molar-refractivity contribution in [2.24, 2.45) is 4.99 Å². The predicted octanol–water partition coefficient (Wildman–Crippen LogP) is 1.02. The van der Waals surface area contributed by atoms with Gasteiger partial charge in [-0.3, -0.25) is 4.79 Å². The second-order valence-corrected chi connectivity index (χ2v) is 5.33. The summed E-state index contributed by atoms with van der Waals surface area (Å²) < 4.78 is 5.29. The molecule has 1 aromatic rings. The van der Waals surface area contributed by atoms with Crippen LogP contribution in [0.5, 0.6) is 0 Å². The molecule has 3 heterocycles. The van der Waals surface area contributed by atoms with E-state index in [1.165, 1.54) is 11.8 Å². The molecule has 0 unspecified atom stereocenters. The number of aryl methyl sites for hydroxylation is 1. The zero-order valence-corrected chi connectivity index (χ0v) is 11.4. The van der Waals surface area contributed by atoms with Crippen molar-refractivity contribution in [3.63, 3.8) is 0 Å². The molecule has 1 saturated heterocycles. The van der Waals surface area contributed by atoms with Crippen molar-refractivity contribution in [3.05, 3.63) is 22.6 Å². The first-order valence-corrected chi connectivity index (χ1v) is 6.91. The van der Waals surface area contributed by atoms with Crippen LogP contribution in [0, 0.1) is 6.92 Å². The summed E-state index contributed by atoms with van der Waals surface area (Å²) in [5.41, 5.74) is 1.73. The third kappa shape index (κ3) is 2.57. The number of thioether (sulfide) groups is 1. The van der Waals surface area contributed by atoms with Gasteiger partial charge in [0.1, 0.15) is 0 Å². The fraction of sp³-hybridized carbons (Fsp3) is 0.417. The number of carbonyl (C=O) groups excluding carboxylic acids is 1. The Kier molecular flexibility index (Phi) is 3.39. The molecule has 0 aromatic carbocycles. The van der Waals surface area contributed by atoms with Crippen LogP contribution in [0.25, 0.3) is 6.08 Å². The zero-order valence-electron chi connectivity index (χ0n) is 10.5. The molecule has 7 heteroatoms. The van der Waals surface area contributed by atoms with Crippen molar-refractivity contribution < 1.29 is 9.53 Å². The van der Waals surface area contributed by atoms with Crippen molar-refractivity contribution in [2.45, 2.75) is 6.92 Å². The number of hydrogen-bond acceptors (Lipinski definition) is 5. The van der Waals surface area contributed by atoms with E-state index < -0.39 is 0 Å². The lowest BCUT2D eigenvalue weighted by Gasteiger charge is -2.27. The maximum atomic E-state index is 11.9. The number of nitrogens with one attached hydrogen (secondary N) is 1. The first kappa shape index (κ1) is 12.4. The number of H-pyrrole nitrogens is 1. The first-order valence-electron chi connectivity index (χ1n) is 6.09. The van der Waals surface area contributed by atoms with Crippen molar-refractivity contribution in [2.75, 3.05) is 26.3 Å². The molecule has 1 amide bonds. The van der Waals surface area contributed by atoms with Crippen LogP contribution in [-0.2, 0) is 9.53 Å². The number of amidine groups is 1. The van der Waals surface area contributed by atoms with Crippen LogP contribution < -0.4 is 0 Å². The van der Waals surface area contributed by atoms with Crippen LogP contribution in [0.1, 0.15) is 11.4 Å². The molecule has 0 aliphatic carbocycles. The van der Waals surface area contributed by atoms with Gasteiger partial charge in [-0.1, -0.05) is 0 Å². The summed E-state index contributed by atoms with van der Waals surface area (Å²) in [6.07, 6.45) is 3.41. The average Bonchev–Trinajstić information content (AvgIpc) is 2.99. The zero-order chi connectivity index (χ0) is 13.2. The summed E-state index contributed by atoms with van der Waals surface area (Å²) >= 11 is 1.41. The Labute approximate surface area is 114 Å². The van der Waals surface area contributed by atoms with Crippen LogP contribution in [0.15, 0.2) is 16.2 Å². The third-order valence-electron chi connectivity index (χ3n) is 3.03. The van der Waals surface area contributed by atoms with E-state index in [1.807, 2.05) is 6.92 Å². The molecular formula is C12H14N4O2S. The largest absolute Gasteiger partial charge is 0.378 e. The lowest BCUT2D eigenvalue weighted by Crippen LogP contribution is -2.38. The Hall–Kier alpha value is -1.60. The summed E-state index contributed by atoms with van der Waals surface area (Å²) in [7, 11) is 0. The molecule has 100 valence electrons. The molecule has 3 rings (SSSR count). The minimum absolute atomic E-state index is 0.186. The standard InChI is InChI=1S/C12H14N4O2S/c1-8-9(14-7-13-8)6-10-11(17)15-12(19-10)16-2-4-18-5-3-16/h6-7H,2-5H2,1H3,(H,13,14)/b10-6-. The molecule has 1 fully saturated rings. The number of imidazole rings is 1. The maximum Gasteiger partial charge on any atom is 0.286 e. The van der Waals surface area contributed by atoms with Gasteiger partial charge >= 0.3 is 0 Å². The van der Waals surface area contributed by atoms with E-state index in [0.29, 0.717) is 18.1 Å². The molecule has 6 nitrogen and oxygen atoms in total. The van der Waals surface area contributed by atoms with Crippen LogP contribution in [-0.4, -0.2) is 52.2 Å². The number of rotatable bonds is 1. The number of amides is 1. The van der Waals surface area contributed by atoms with E-state index >= 15 is 0 Å². The Bertz CT molecular complexity index is 558. The summed E-state index contributed by atoms with van der Waals surface area (Å²) in [4.78, 5) is 25.9. The van der Waals surface area contributed by atoms with Gasteiger partial charge in [0.25, 0.3) is 5.91 Å². The van der Waals surface area contributed by atoms with Gasteiger partial charge in [-0.15, -0.1) is 0 Å². The van der Waals surface area contributed by atoms with Crippen molar-refractivity contribution in [1.29, 1.82) is 0 Å². The van der Waals surface area contributed by atoms with Crippen molar-refractivity contribution in [1.82, 2.24) is 14.9 Å². The molecule has 0 spiro atoms. The highest BCUT2D eigenvalue weighted by molar-refractivity contribution is 8.18. The molecule has 1 aromatic heterocycles. The van der Waals surface area contributed by atoms with E-state index in [-0.39, 0.29) is 5.91 Å². The van der Waals surface area contributed by atoms with Gasteiger partial charge in [-0.25, -0.2) is 4.98 Å². The molecule has 0 saturated carbocycles. The van der Waals surface area contributed by atoms with Crippen molar-refractivity contribution >= 4 is 28.9 Å². The van der Waals surface area contributed by atoms with Gasteiger partial charge < -0.3 is 14.6 Å². The highest BCUT2D eigenvalue weighted by Gasteiger charge is 2.27. The van der Waals surface area contributed by atoms with Gasteiger partial charge in [0, 0.05) is 18.8 Å². The predicted molar refractivity (Wildman–Crippen MR) is 73.7 cm³/mol. The van der Waals surface area contributed by atoms with E-state index in [1.54, 1.807) is 12.4 Å². The molecule has 19 heavy (non-hydrogen) atoms. The molecule has 0 bridgehead atoms. The molecular weight excluding hydrogens is 264 g/mol. The van der Waals surface area contributed by atoms with Crippen LogP contribution in [0.2, 0.25) is 0 Å². The third-order valence-corrected chi connectivity index (χ3v) is 4.07. The number of aromatic amines is 1. The van der Waals surface area contributed by atoms with Gasteiger partial charge in [0.15, 0.2) is 5.17 Å². The first-order chi connectivity index (χ1) is 9.24. The fourth-order valence-corrected chi connectivity index (χ4v) is 2.87. The van der Waals surface area contributed by atoms with Gasteiger partial charge in [-0.05, 0) is 24.8 Å². The lowest BCUT2D eigenvalue weighted by atomic mass is 10.3.